The summed E-state index contributed by atoms with van der Waals surface area (Å²) in [6.45, 7) is 2.15. The van der Waals surface area contributed by atoms with Gasteiger partial charge in [-0.25, -0.2) is 0 Å². The smallest absolute Gasteiger partial charge is 0.255 e. The molecular weight excluding hydrogens is 368 g/mol. The third-order valence-electron chi connectivity index (χ3n) is 5.54. The summed E-state index contributed by atoms with van der Waals surface area (Å²) < 4.78 is 0. The molecule has 4 N–H and O–H groups in total. The number of nitrogens with zero attached hydrogens (tertiary/aromatic N) is 1. The van der Waals surface area contributed by atoms with E-state index in [0.717, 1.165) is 22.3 Å². The number of nitrogens with one attached hydrogen (secondary N) is 2. The average Bonchev–Trinajstić information content (AvgIpc) is 3.06. The van der Waals surface area contributed by atoms with E-state index in [-0.39, 0.29) is 24.1 Å². The number of benzene rings is 2. The van der Waals surface area contributed by atoms with Crippen molar-refractivity contribution < 1.29 is 14.4 Å². The van der Waals surface area contributed by atoms with Crippen molar-refractivity contribution in [2.45, 2.75) is 45.1 Å². The quantitative estimate of drug-likeness (QED) is 0.641. The summed E-state index contributed by atoms with van der Waals surface area (Å²) in [5, 5.41) is 5.73. The zero-order valence-corrected chi connectivity index (χ0v) is 16.1. The van der Waals surface area contributed by atoms with Gasteiger partial charge in [-0.2, -0.15) is 0 Å². The molecule has 2 aromatic rings. The molecular formula is C22H24N4O3. The SMILES string of the molecule is NCc1ccc(CNCc2cccc3c2C(=O)N(C2CCC(=O)NC2=O)C3)cc1. The van der Waals surface area contributed by atoms with E-state index < -0.39 is 6.04 Å². The van der Waals surface area contributed by atoms with Gasteiger partial charge in [-0.3, -0.25) is 19.7 Å². The summed E-state index contributed by atoms with van der Waals surface area (Å²) in [7, 11) is 0. The third-order valence-corrected chi connectivity index (χ3v) is 5.54. The van der Waals surface area contributed by atoms with Crippen molar-refractivity contribution in [3.8, 4) is 0 Å². The predicted molar refractivity (Wildman–Crippen MR) is 107 cm³/mol. The van der Waals surface area contributed by atoms with Crippen LogP contribution in [0.3, 0.4) is 0 Å². The number of amides is 3. The molecule has 2 aromatic carbocycles. The van der Waals surface area contributed by atoms with Crippen LogP contribution in [0.25, 0.3) is 0 Å². The molecule has 1 saturated heterocycles. The molecule has 1 unspecified atom stereocenters. The highest BCUT2D eigenvalue weighted by Crippen LogP contribution is 2.29. The normalized spacial score (nSPS) is 18.7. The monoisotopic (exact) mass is 392 g/mol. The van der Waals surface area contributed by atoms with Crippen molar-refractivity contribution in [3.05, 3.63) is 70.3 Å². The molecule has 2 heterocycles. The number of hydrogen-bond acceptors (Lipinski definition) is 5. The maximum Gasteiger partial charge on any atom is 0.255 e. The van der Waals surface area contributed by atoms with Gasteiger partial charge in [0.2, 0.25) is 11.8 Å². The summed E-state index contributed by atoms with van der Waals surface area (Å²) in [6.07, 6.45) is 0.630. The molecule has 0 saturated carbocycles. The number of carbonyl (C=O) groups excluding carboxylic acids is 3. The number of hydrogen-bond donors (Lipinski definition) is 3. The second-order valence-corrected chi connectivity index (χ2v) is 7.48. The predicted octanol–water partition coefficient (Wildman–Crippen LogP) is 1.20. The van der Waals surface area contributed by atoms with Crippen molar-refractivity contribution in [3.63, 3.8) is 0 Å². The van der Waals surface area contributed by atoms with Gasteiger partial charge in [0.15, 0.2) is 0 Å². The number of rotatable bonds is 6. The molecule has 2 aliphatic rings. The molecule has 0 aromatic heterocycles. The first-order valence-corrected chi connectivity index (χ1v) is 9.81. The lowest BCUT2D eigenvalue weighted by Gasteiger charge is -2.29. The van der Waals surface area contributed by atoms with Crippen LogP contribution in [0.15, 0.2) is 42.5 Å². The second-order valence-electron chi connectivity index (χ2n) is 7.48. The standard InChI is InChI=1S/C22H24N4O3/c23-10-14-4-6-15(7-5-14)11-24-12-16-2-1-3-17-13-26(22(29)20(16)17)18-8-9-19(27)25-21(18)28/h1-7,18,24H,8-13,23H2,(H,25,27,28). The Balaban J connectivity index is 1.44. The zero-order valence-electron chi connectivity index (χ0n) is 16.1. The van der Waals surface area contributed by atoms with Crippen LogP contribution in [0.4, 0.5) is 0 Å². The molecule has 1 atom stereocenters. The molecule has 3 amide bonds. The van der Waals surface area contributed by atoms with E-state index in [0.29, 0.717) is 38.2 Å². The Labute approximate surface area is 169 Å². The topological polar surface area (TPSA) is 105 Å². The van der Waals surface area contributed by atoms with Crippen molar-refractivity contribution in [1.82, 2.24) is 15.5 Å². The third kappa shape index (κ3) is 3.92. The number of carbonyl (C=O) groups is 3. The van der Waals surface area contributed by atoms with Crippen molar-refractivity contribution in [2.24, 2.45) is 5.73 Å². The Bertz CT molecular complexity index is 955. The number of fused-ring (bicyclic) bond motifs is 1. The number of imide groups is 1. The Morgan fingerprint density at radius 1 is 1.03 bits per heavy atom. The van der Waals surface area contributed by atoms with Crippen molar-refractivity contribution in [1.29, 1.82) is 0 Å². The first kappa shape index (κ1) is 19.3. The van der Waals surface area contributed by atoms with Crippen LogP contribution in [0.1, 0.15) is 45.5 Å². The van der Waals surface area contributed by atoms with E-state index in [1.54, 1.807) is 4.90 Å². The molecule has 7 heteroatoms. The first-order chi connectivity index (χ1) is 14.1. The van der Waals surface area contributed by atoms with Crippen LogP contribution in [-0.2, 0) is 35.8 Å². The van der Waals surface area contributed by atoms with Gasteiger partial charge in [-0.15, -0.1) is 0 Å². The van der Waals surface area contributed by atoms with E-state index in [1.807, 2.05) is 42.5 Å². The van der Waals surface area contributed by atoms with Gasteiger partial charge < -0.3 is 16.0 Å². The zero-order chi connectivity index (χ0) is 20.4. The van der Waals surface area contributed by atoms with Gasteiger partial charge in [-0.05, 0) is 28.7 Å². The minimum Gasteiger partial charge on any atom is -0.326 e. The summed E-state index contributed by atoms with van der Waals surface area (Å²) in [5.41, 5.74) is 10.4. The van der Waals surface area contributed by atoms with Gasteiger partial charge in [0.05, 0.1) is 0 Å². The van der Waals surface area contributed by atoms with Crippen LogP contribution in [0, 0.1) is 0 Å². The fraction of sp³-hybridized carbons (Fsp3) is 0.318. The summed E-state index contributed by atoms with van der Waals surface area (Å²) in [6, 6.07) is 13.3. The molecule has 0 bridgehead atoms. The molecule has 0 aliphatic carbocycles. The maximum atomic E-state index is 13.1. The fourth-order valence-corrected chi connectivity index (χ4v) is 3.97. The molecule has 7 nitrogen and oxygen atoms in total. The Hall–Kier alpha value is -3.03. The van der Waals surface area contributed by atoms with Crippen LogP contribution in [-0.4, -0.2) is 28.7 Å². The van der Waals surface area contributed by atoms with E-state index in [2.05, 4.69) is 10.6 Å². The summed E-state index contributed by atoms with van der Waals surface area (Å²) >= 11 is 0. The van der Waals surface area contributed by atoms with Crippen molar-refractivity contribution >= 4 is 17.7 Å². The van der Waals surface area contributed by atoms with Crippen molar-refractivity contribution in [2.75, 3.05) is 0 Å². The van der Waals surface area contributed by atoms with Gasteiger partial charge in [0.1, 0.15) is 6.04 Å². The van der Waals surface area contributed by atoms with Gasteiger partial charge in [-0.1, -0.05) is 42.5 Å². The maximum absolute atomic E-state index is 13.1. The van der Waals surface area contributed by atoms with E-state index in [1.165, 1.54) is 0 Å². The molecule has 1 fully saturated rings. The molecule has 4 rings (SSSR count). The lowest BCUT2D eigenvalue weighted by Crippen LogP contribution is -2.52. The highest BCUT2D eigenvalue weighted by Gasteiger charge is 2.39. The number of nitrogens with two attached hydrogens (primary N) is 1. The highest BCUT2D eigenvalue weighted by atomic mass is 16.2. The Kier molecular flexibility index (Phi) is 5.42. The minimum atomic E-state index is -0.588. The van der Waals surface area contributed by atoms with E-state index in [9.17, 15) is 14.4 Å². The summed E-state index contributed by atoms with van der Waals surface area (Å²) in [5.74, 6) is -0.804. The molecule has 29 heavy (non-hydrogen) atoms. The van der Waals surface area contributed by atoms with E-state index in [4.69, 9.17) is 5.73 Å². The highest BCUT2D eigenvalue weighted by molar-refractivity contribution is 6.05. The Morgan fingerprint density at radius 2 is 1.79 bits per heavy atom. The molecule has 2 aliphatic heterocycles. The molecule has 150 valence electrons. The van der Waals surface area contributed by atoms with Crippen LogP contribution in [0.2, 0.25) is 0 Å². The Morgan fingerprint density at radius 3 is 2.52 bits per heavy atom. The average molecular weight is 392 g/mol. The largest absolute Gasteiger partial charge is 0.326 e. The first-order valence-electron chi connectivity index (χ1n) is 9.81. The fourth-order valence-electron chi connectivity index (χ4n) is 3.97. The van der Waals surface area contributed by atoms with Crippen LogP contribution < -0.4 is 16.4 Å². The lowest BCUT2D eigenvalue weighted by molar-refractivity contribution is -0.136. The second kappa shape index (κ2) is 8.14. The van der Waals surface area contributed by atoms with E-state index >= 15 is 0 Å². The van der Waals surface area contributed by atoms with Crippen LogP contribution in [0.5, 0.6) is 0 Å². The molecule has 0 spiro atoms. The minimum absolute atomic E-state index is 0.140. The van der Waals surface area contributed by atoms with Gasteiger partial charge in [0.25, 0.3) is 5.91 Å². The summed E-state index contributed by atoms with van der Waals surface area (Å²) in [4.78, 5) is 38.3. The van der Waals surface area contributed by atoms with Gasteiger partial charge in [0, 0.05) is 38.2 Å². The molecule has 0 radical (unpaired) electrons. The van der Waals surface area contributed by atoms with Crippen LogP contribution >= 0.6 is 0 Å². The number of piperidine rings is 1. The lowest BCUT2D eigenvalue weighted by atomic mass is 10.0. The van der Waals surface area contributed by atoms with Gasteiger partial charge >= 0.3 is 0 Å².